The third-order valence-electron chi connectivity index (χ3n) is 7.75. The van der Waals surface area contributed by atoms with E-state index in [1.165, 1.54) is 23.3 Å². The molecule has 4 aromatic rings. The zero-order chi connectivity index (χ0) is 26.6. The van der Waals surface area contributed by atoms with Crippen LogP contribution in [0, 0.1) is 19.8 Å². The average Bonchev–Trinajstić information content (AvgIpc) is 3.50. The van der Waals surface area contributed by atoms with Crippen LogP contribution >= 0.6 is 0 Å². The lowest BCUT2D eigenvalue weighted by Gasteiger charge is -2.38. The van der Waals surface area contributed by atoms with Crippen LogP contribution in [-0.2, 0) is 24.1 Å². The maximum atomic E-state index is 13.2. The van der Waals surface area contributed by atoms with Crippen molar-refractivity contribution in [3.63, 3.8) is 0 Å². The maximum Gasteiger partial charge on any atom is 0.416 e. The molecule has 0 spiro atoms. The van der Waals surface area contributed by atoms with Gasteiger partial charge in [-0.15, -0.1) is 0 Å². The largest absolute Gasteiger partial charge is 0.416 e. The summed E-state index contributed by atoms with van der Waals surface area (Å²) in [4.78, 5) is 18.0. The highest BCUT2D eigenvalue weighted by Gasteiger charge is 2.36. The summed E-state index contributed by atoms with van der Waals surface area (Å²) in [6.45, 7) is 5.48. The van der Waals surface area contributed by atoms with Crippen molar-refractivity contribution in [3.8, 4) is 34.0 Å². The quantitative estimate of drug-likeness (QED) is 0.267. The first-order valence-electron chi connectivity index (χ1n) is 12.6. The van der Waals surface area contributed by atoms with Gasteiger partial charge in [-0.3, -0.25) is 4.90 Å². The number of aldehydes is 1. The van der Waals surface area contributed by atoms with Gasteiger partial charge in [-0.05, 0) is 90.4 Å². The predicted octanol–water partition coefficient (Wildman–Crippen LogP) is 7.00. The van der Waals surface area contributed by atoms with Gasteiger partial charge < -0.3 is 9.32 Å². The summed E-state index contributed by atoms with van der Waals surface area (Å²) >= 11 is 0. The number of alkyl halides is 3. The van der Waals surface area contributed by atoms with Crippen LogP contribution < -0.4 is 0 Å². The summed E-state index contributed by atoms with van der Waals surface area (Å²) in [5.74, 6) is 1.05. The monoisotopic (exact) mass is 517 g/mol. The van der Waals surface area contributed by atoms with E-state index in [0.717, 1.165) is 66.1 Å². The number of rotatable bonds is 5. The van der Waals surface area contributed by atoms with E-state index in [0.29, 0.717) is 23.3 Å². The first kappa shape index (κ1) is 24.6. The molecule has 1 aromatic heterocycles. The van der Waals surface area contributed by atoms with Crippen molar-refractivity contribution < 1.29 is 22.5 Å². The fourth-order valence-corrected chi connectivity index (χ4v) is 5.71. The number of carbonyl (C=O) groups excluding carboxylic acids is 1. The number of aryl methyl sites for hydroxylation is 2. The molecular weight excluding hydrogens is 491 g/mol. The molecule has 5 nitrogen and oxygen atoms in total. The normalized spacial score (nSPS) is 19.3. The van der Waals surface area contributed by atoms with Crippen LogP contribution in [-0.4, -0.2) is 27.4 Å². The van der Waals surface area contributed by atoms with Crippen LogP contribution in [0.4, 0.5) is 13.2 Å². The molecule has 0 saturated heterocycles. The molecule has 1 fully saturated rings. The molecule has 0 N–H and O–H groups in total. The maximum absolute atomic E-state index is 13.2. The minimum atomic E-state index is -4.40. The number of benzene rings is 3. The lowest BCUT2D eigenvalue weighted by atomic mass is 9.80. The fourth-order valence-electron chi connectivity index (χ4n) is 5.71. The standard InChI is InChI=1S/C30H26F3N3O2/c1-17-8-23(9-18(2)27(17)20-4-3-5-25(13-20)30(31,32)33)29-34-28(35-38-29)21-6-7-22-14-36(15-24(22)12-21)26-10-19(11-26)16-37/h3-9,12-13,16,19,26H,10-11,14-15H2,1-2H3/t19-,26-. The zero-order valence-corrected chi connectivity index (χ0v) is 21.0. The van der Waals surface area contributed by atoms with Crippen LogP contribution in [0.3, 0.4) is 0 Å². The molecule has 8 heteroatoms. The van der Waals surface area contributed by atoms with E-state index in [2.05, 4.69) is 27.2 Å². The van der Waals surface area contributed by atoms with Gasteiger partial charge in [0.2, 0.25) is 5.82 Å². The molecule has 0 bridgehead atoms. The van der Waals surface area contributed by atoms with Crippen molar-refractivity contribution >= 4 is 6.29 Å². The summed E-state index contributed by atoms with van der Waals surface area (Å²) in [5, 5.41) is 4.21. The van der Waals surface area contributed by atoms with E-state index in [4.69, 9.17) is 4.52 Å². The zero-order valence-electron chi connectivity index (χ0n) is 21.0. The van der Waals surface area contributed by atoms with Crippen molar-refractivity contribution in [2.45, 2.75) is 52.0 Å². The van der Waals surface area contributed by atoms with Gasteiger partial charge >= 0.3 is 6.18 Å². The van der Waals surface area contributed by atoms with Gasteiger partial charge in [-0.2, -0.15) is 18.2 Å². The van der Waals surface area contributed by atoms with Gasteiger partial charge in [-0.1, -0.05) is 29.4 Å². The summed E-state index contributed by atoms with van der Waals surface area (Å²) in [5.41, 5.74) is 6.36. The van der Waals surface area contributed by atoms with Crippen LogP contribution in [0.1, 0.15) is 40.7 Å². The Kier molecular flexibility index (Phi) is 5.94. The lowest BCUT2D eigenvalue weighted by molar-refractivity contribution is -0.137. The molecule has 0 atom stereocenters. The molecule has 38 heavy (non-hydrogen) atoms. The van der Waals surface area contributed by atoms with E-state index in [9.17, 15) is 18.0 Å². The Bertz CT molecular complexity index is 1510. The smallest absolute Gasteiger partial charge is 0.334 e. The van der Waals surface area contributed by atoms with Crippen LogP contribution in [0.2, 0.25) is 0 Å². The average molecular weight is 518 g/mol. The SMILES string of the molecule is Cc1cc(-c2nc(-c3ccc4c(c3)CN([C@H]3C[C@H](C=O)C3)C4)no2)cc(C)c1-c1cccc(C(F)(F)F)c1. The predicted molar refractivity (Wildman–Crippen MR) is 137 cm³/mol. The highest BCUT2D eigenvalue weighted by Crippen LogP contribution is 2.38. The molecule has 1 aliphatic heterocycles. The molecule has 194 valence electrons. The molecule has 3 aromatic carbocycles. The van der Waals surface area contributed by atoms with Crippen molar-refractivity contribution in [1.29, 1.82) is 0 Å². The van der Waals surface area contributed by atoms with Crippen molar-refractivity contribution in [3.05, 3.63) is 82.4 Å². The first-order valence-corrected chi connectivity index (χ1v) is 12.6. The number of hydrogen-bond donors (Lipinski definition) is 0. The number of hydrogen-bond acceptors (Lipinski definition) is 5. The Morgan fingerprint density at radius 2 is 1.66 bits per heavy atom. The second kappa shape index (κ2) is 9.20. The number of nitrogens with zero attached hydrogens (tertiary/aromatic N) is 3. The Hall–Kier alpha value is -3.78. The third-order valence-corrected chi connectivity index (χ3v) is 7.75. The summed E-state index contributed by atoms with van der Waals surface area (Å²) in [6.07, 6.45) is -1.47. The molecule has 0 unspecified atom stereocenters. The highest BCUT2D eigenvalue weighted by atomic mass is 19.4. The minimum Gasteiger partial charge on any atom is -0.334 e. The van der Waals surface area contributed by atoms with Crippen LogP contribution in [0.5, 0.6) is 0 Å². The van der Waals surface area contributed by atoms with Gasteiger partial charge in [-0.25, -0.2) is 0 Å². The second-order valence-electron chi connectivity index (χ2n) is 10.4. The number of aromatic nitrogens is 2. The Balaban J connectivity index is 1.24. The highest BCUT2D eigenvalue weighted by molar-refractivity contribution is 5.75. The molecule has 1 saturated carbocycles. The summed E-state index contributed by atoms with van der Waals surface area (Å²) in [7, 11) is 0. The van der Waals surface area contributed by atoms with E-state index in [-0.39, 0.29) is 5.92 Å². The molecule has 0 amide bonds. The van der Waals surface area contributed by atoms with E-state index >= 15 is 0 Å². The minimum absolute atomic E-state index is 0.198. The van der Waals surface area contributed by atoms with Gasteiger partial charge in [0.05, 0.1) is 5.56 Å². The molecule has 0 radical (unpaired) electrons. The second-order valence-corrected chi connectivity index (χ2v) is 10.4. The number of fused-ring (bicyclic) bond motifs is 1. The third kappa shape index (κ3) is 4.43. The molecule has 2 heterocycles. The topological polar surface area (TPSA) is 59.2 Å². The van der Waals surface area contributed by atoms with E-state index in [1.807, 2.05) is 32.0 Å². The van der Waals surface area contributed by atoms with Crippen LogP contribution in [0.15, 0.2) is 59.1 Å². The van der Waals surface area contributed by atoms with Crippen LogP contribution in [0.25, 0.3) is 34.0 Å². The molecule has 1 aliphatic carbocycles. The van der Waals surface area contributed by atoms with Crippen molar-refractivity contribution in [1.82, 2.24) is 15.0 Å². The van der Waals surface area contributed by atoms with Crippen molar-refractivity contribution in [2.75, 3.05) is 0 Å². The van der Waals surface area contributed by atoms with E-state index < -0.39 is 11.7 Å². The summed E-state index contributed by atoms with van der Waals surface area (Å²) < 4.78 is 45.3. The van der Waals surface area contributed by atoms with Gasteiger partial charge in [0.15, 0.2) is 0 Å². The van der Waals surface area contributed by atoms with Gasteiger partial charge in [0, 0.05) is 36.2 Å². The van der Waals surface area contributed by atoms with Gasteiger partial charge in [0.1, 0.15) is 6.29 Å². The number of carbonyl (C=O) groups is 1. The van der Waals surface area contributed by atoms with E-state index in [1.54, 1.807) is 6.07 Å². The fraction of sp³-hybridized carbons (Fsp3) is 0.300. The Labute approximate surface area is 218 Å². The lowest BCUT2D eigenvalue weighted by Crippen LogP contribution is -2.42. The summed E-state index contributed by atoms with van der Waals surface area (Å²) in [6, 6.07) is 15.8. The van der Waals surface area contributed by atoms with Crippen molar-refractivity contribution in [2.24, 2.45) is 5.92 Å². The molecule has 2 aliphatic rings. The number of halogens is 3. The Morgan fingerprint density at radius 3 is 2.37 bits per heavy atom. The molecular formula is C30H26F3N3O2. The van der Waals surface area contributed by atoms with Gasteiger partial charge in [0.25, 0.3) is 5.89 Å². The molecule has 6 rings (SSSR count). The first-order chi connectivity index (χ1) is 18.2. The Morgan fingerprint density at radius 1 is 0.921 bits per heavy atom.